The van der Waals surface area contributed by atoms with E-state index >= 15 is 0 Å². The zero-order chi connectivity index (χ0) is 25.5. The van der Waals surface area contributed by atoms with Gasteiger partial charge >= 0.3 is 5.97 Å². The van der Waals surface area contributed by atoms with E-state index in [4.69, 9.17) is 26.3 Å². The molecule has 0 saturated heterocycles. The van der Waals surface area contributed by atoms with Crippen LogP contribution in [0.2, 0.25) is 5.02 Å². The van der Waals surface area contributed by atoms with Crippen molar-refractivity contribution in [3.05, 3.63) is 83.0 Å². The molecule has 0 bridgehead atoms. The third-order valence-corrected chi connectivity index (χ3v) is 5.49. The molecule has 2 heterocycles. The maximum Gasteiger partial charge on any atom is 0.320 e. The van der Waals surface area contributed by atoms with Gasteiger partial charge < -0.3 is 14.8 Å². The number of esters is 1. The monoisotopic (exact) mass is 503 g/mol. The molecule has 1 aliphatic heterocycles. The van der Waals surface area contributed by atoms with Crippen LogP contribution in [0.3, 0.4) is 0 Å². The lowest BCUT2D eigenvalue weighted by molar-refractivity contribution is -0.154. The molecule has 1 unspecified atom stereocenters. The van der Waals surface area contributed by atoms with Gasteiger partial charge in [0.05, 0.1) is 19.7 Å². The van der Waals surface area contributed by atoms with Gasteiger partial charge in [0.25, 0.3) is 0 Å². The second-order valence-corrected chi connectivity index (χ2v) is 8.18. The molecule has 4 rings (SSSR count). The highest BCUT2D eigenvalue weighted by Gasteiger charge is 2.37. The Hall–Kier alpha value is -4.42. The van der Waals surface area contributed by atoms with Crippen LogP contribution in [-0.4, -0.2) is 40.9 Å². The summed E-state index contributed by atoms with van der Waals surface area (Å²) in [6, 6.07) is 21.0. The topological polar surface area (TPSA) is 117 Å². The summed E-state index contributed by atoms with van der Waals surface area (Å²) >= 11 is 5.99. The first-order valence-electron chi connectivity index (χ1n) is 11.2. The van der Waals surface area contributed by atoms with Crippen LogP contribution in [0.15, 0.2) is 71.7 Å². The number of carbonyl (C=O) groups excluding carboxylic acids is 2. The van der Waals surface area contributed by atoms with Gasteiger partial charge in [-0.2, -0.15) is 5.26 Å². The minimum absolute atomic E-state index is 0.0147. The number of anilines is 1. The van der Waals surface area contributed by atoms with Crippen molar-refractivity contribution >= 4 is 35.1 Å². The number of rotatable bonds is 7. The molecule has 0 spiro atoms. The minimum Gasteiger partial charge on any atom is -0.465 e. The third kappa shape index (κ3) is 5.98. The highest BCUT2D eigenvalue weighted by molar-refractivity contribution is 6.30. The number of nitrogens with zero attached hydrogens (tertiary/aromatic N) is 4. The van der Waals surface area contributed by atoms with Crippen LogP contribution in [0.25, 0.3) is 0 Å². The van der Waals surface area contributed by atoms with Crippen molar-refractivity contribution in [3.8, 4) is 17.7 Å². The second kappa shape index (κ2) is 11.3. The number of benzene rings is 2. The first-order valence-corrected chi connectivity index (χ1v) is 11.5. The van der Waals surface area contributed by atoms with E-state index in [1.54, 1.807) is 61.5 Å². The fourth-order valence-corrected chi connectivity index (χ4v) is 3.60. The molecule has 2 aromatic carbocycles. The Labute approximate surface area is 212 Å². The van der Waals surface area contributed by atoms with E-state index < -0.39 is 17.8 Å². The molecule has 1 amide bonds. The summed E-state index contributed by atoms with van der Waals surface area (Å²) in [5.74, 6) is -0.865. The number of hydrogen-bond acceptors (Lipinski definition) is 8. The smallest absolute Gasteiger partial charge is 0.320 e. The lowest BCUT2D eigenvalue weighted by atomic mass is 10.1. The summed E-state index contributed by atoms with van der Waals surface area (Å²) in [5.41, 5.74) is 1.73. The van der Waals surface area contributed by atoms with Gasteiger partial charge in [0.1, 0.15) is 17.5 Å². The van der Waals surface area contributed by atoms with Crippen molar-refractivity contribution in [3.63, 3.8) is 0 Å². The average Bonchev–Trinajstić information content (AvgIpc) is 2.88. The number of halogens is 1. The Bertz CT molecular complexity index is 1320. The molecule has 3 aromatic rings. The molecule has 1 aromatic heterocycles. The number of aliphatic imine (C=N–C) groups is 1. The highest BCUT2D eigenvalue weighted by atomic mass is 35.5. The van der Waals surface area contributed by atoms with Crippen molar-refractivity contribution in [2.24, 2.45) is 10.9 Å². The number of ether oxygens (including phenoxy) is 2. The van der Waals surface area contributed by atoms with E-state index in [-0.39, 0.29) is 25.4 Å². The first-order chi connectivity index (χ1) is 17.5. The maximum atomic E-state index is 13.3. The van der Waals surface area contributed by atoms with E-state index in [1.165, 1.54) is 4.90 Å². The molecule has 10 heteroatoms. The summed E-state index contributed by atoms with van der Waals surface area (Å²) in [6.07, 6.45) is 0. The van der Waals surface area contributed by atoms with Crippen LogP contribution < -0.4 is 10.1 Å². The van der Waals surface area contributed by atoms with Crippen LogP contribution in [0, 0.1) is 17.2 Å². The van der Waals surface area contributed by atoms with Crippen molar-refractivity contribution in [2.45, 2.75) is 13.5 Å². The lowest BCUT2D eigenvalue weighted by Gasteiger charge is -2.31. The molecule has 182 valence electrons. The number of nitrogens with one attached hydrogen (secondary N) is 1. The molecule has 1 aliphatic rings. The minimum atomic E-state index is -1.00. The van der Waals surface area contributed by atoms with Gasteiger partial charge in [-0.25, -0.2) is 4.98 Å². The predicted octanol–water partition coefficient (Wildman–Crippen LogP) is 4.39. The largest absolute Gasteiger partial charge is 0.465 e. The van der Waals surface area contributed by atoms with Gasteiger partial charge in [-0.15, -0.1) is 0 Å². The quantitative estimate of drug-likeness (QED) is 0.375. The molecular weight excluding hydrogens is 482 g/mol. The second-order valence-electron chi connectivity index (χ2n) is 7.74. The number of amides is 1. The first kappa shape index (κ1) is 24.7. The number of aromatic nitrogens is 1. The fraction of sp³-hybridized carbons (Fsp3) is 0.192. The zero-order valence-electron chi connectivity index (χ0n) is 19.3. The Morgan fingerprint density at radius 1 is 1.17 bits per heavy atom. The molecule has 0 saturated carbocycles. The van der Waals surface area contributed by atoms with Crippen LogP contribution in [0.1, 0.15) is 18.2 Å². The number of guanidine groups is 1. The maximum absolute atomic E-state index is 13.3. The van der Waals surface area contributed by atoms with Crippen molar-refractivity contribution in [2.75, 3.05) is 18.5 Å². The molecule has 1 N–H and O–H groups in total. The van der Waals surface area contributed by atoms with E-state index in [2.05, 4.69) is 15.3 Å². The molecule has 1 atom stereocenters. The summed E-state index contributed by atoms with van der Waals surface area (Å²) < 4.78 is 10.8. The van der Waals surface area contributed by atoms with Gasteiger partial charge in [-0.3, -0.25) is 19.5 Å². The van der Waals surface area contributed by atoms with E-state index in [9.17, 15) is 9.59 Å². The Morgan fingerprint density at radius 3 is 2.61 bits per heavy atom. The molecule has 0 aliphatic carbocycles. The van der Waals surface area contributed by atoms with Gasteiger partial charge in [0.15, 0.2) is 5.92 Å². The van der Waals surface area contributed by atoms with Crippen molar-refractivity contribution < 1.29 is 19.1 Å². The summed E-state index contributed by atoms with van der Waals surface area (Å²) in [4.78, 5) is 35.6. The predicted molar refractivity (Wildman–Crippen MR) is 134 cm³/mol. The van der Waals surface area contributed by atoms with Crippen LogP contribution in [0.4, 0.5) is 5.69 Å². The Kier molecular flexibility index (Phi) is 7.78. The molecule has 0 fully saturated rings. The molecule has 9 nitrogen and oxygen atoms in total. The van der Waals surface area contributed by atoms with Crippen molar-refractivity contribution in [1.29, 1.82) is 5.26 Å². The molecule has 36 heavy (non-hydrogen) atoms. The normalized spacial score (nSPS) is 15.0. The standard InChI is InChI=1S/C26H22ClN5O4/c1-2-35-25(34)22-15-29-26(32(24(22)33)16-17-6-8-18(27)9-7-17)31-19-10-12-21(13-11-19)36-23-5-3-4-20(14-28)30-23/h3-13,22H,2,15-16H2,1H3,(H,29,31). The summed E-state index contributed by atoms with van der Waals surface area (Å²) in [7, 11) is 0. The number of pyridine rings is 1. The number of hydrogen-bond donors (Lipinski definition) is 1. The third-order valence-electron chi connectivity index (χ3n) is 5.24. The summed E-state index contributed by atoms with van der Waals surface area (Å²) in [6.45, 7) is 2.05. The zero-order valence-corrected chi connectivity index (χ0v) is 20.1. The van der Waals surface area contributed by atoms with Gasteiger partial charge in [0, 0.05) is 16.8 Å². The lowest BCUT2D eigenvalue weighted by Crippen LogP contribution is -2.50. The van der Waals surface area contributed by atoms with Crippen molar-refractivity contribution in [1.82, 2.24) is 9.88 Å². The Morgan fingerprint density at radius 2 is 1.92 bits per heavy atom. The van der Waals surface area contributed by atoms with Gasteiger partial charge in [-0.05, 0) is 55.0 Å². The number of carbonyl (C=O) groups is 2. The summed E-state index contributed by atoms with van der Waals surface area (Å²) in [5, 5.41) is 12.7. The van der Waals surface area contributed by atoms with E-state index in [0.717, 1.165) is 5.56 Å². The molecular formula is C26H22ClN5O4. The van der Waals surface area contributed by atoms with Gasteiger partial charge in [0.2, 0.25) is 17.7 Å². The van der Waals surface area contributed by atoms with Crippen LogP contribution in [0.5, 0.6) is 11.6 Å². The number of nitriles is 1. The average molecular weight is 504 g/mol. The molecule has 0 radical (unpaired) electrons. The van der Waals surface area contributed by atoms with Crippen LogP contribution in [-0.2, 0) is 20.9 Å². The van der Waals surface area contributed by atoms with Crippen LogP contribution >= 0.6 is 11.6 Å². The van der Waals surface area contributed by atoms with Gasteiger partial charge in [-0.1, -0.05) is 29.8 Å². The highest BCUT2D eigenvalue weighted by Crippen LogP contribution is 2.24. The van der Waals surface area contributed by atoms with E-state index in [1.807, 2.05) is 18.2 Å². The fourth-order valence-electron chi connectivity index (χ4n) is 3.47. The Balaban J connectivity index is 1.52. The SMILES string of the molecule is CCOC(=O)C1CN=C(Nc2ccc(Oc3cccc(C#N)n3)cc2)N(Cc2ccc(Cl)cc2)C1=O. The van der Waals surface area contributed by atoms with E-state index in [0.29, 0.717) is 28.3 Å².